The average molecular weight is 502 g/mol. The quantitative estimate of drug-likeness (QED) is 0.152. The van der Waals surface area contributed by atoms with Crippen LogP contribution in [-0.2, 0) is 11.2 Å². The van der Waals surface area contributed by atoms with E-state index in [1.807, 2.05) is 23.9 Å². The summed E-state index contributed by atoms with van der Waals surface area (Å²) < 4.78 is 7.03. The number of carbonyl (C=O) groups is 1. The standard InChI is InChI=1S/C29H27NO3S2/c31-27(32)15-8-17-33-25-14-7-13-23-24(25)19-26-28(23)30-29(35-26)34-18-16-22(20-9-3-1-4-10-20)21-11-5-2-6-12-21/h1-7,9-14,22H,8,15-19H2,(H,31,32). The van der Waals surface area contributed by atoms with Crippen molar-refractivity contribution in [1.82, 2.24) is 4.98 Å². The summed E-state index contributed by atoms with van der Waals surface area (Å²) in [6, 6.07) is 27.6. The summed E-state index contributed by atoms with van der Waals surface area (Å²) >= 11 is 3.62. The Kier molecular flexibility index (Phi) is 7.50. The Morgan fingerprint density at radius 3 is 2.40 bits per heavy atom. The lowest BCUT2D eigenvalue weighted by molar-refractivity contribution is -0.137. The van der Waals surface area contributed by atoms with Crippen molar-refractivity contribution in [2.75, 3.05) is 12.4 Å². The predicted molar refractivity (Wildman–Crippen MR) is 143 cm³/mol. The number of hydrogen-bond donors (Lipinski definition) is 1. The van der Waals surface area contributed by atoms with Gasteiger partial charge in [0.1, 0.15) is 5.75 Å². The maximum atomic E-state index is 10.7. The van der Waals surface area contributed by atoms with Gasteiger partial charge in [0, 0.05) is 40.5 Å². The summed E-state index contributed by atoms with van der Waals surface area (Å²) in [6.45, 7) is 0.412. The first-order valence-electron chi connectivity index (χ1n) is 11.9. The minimum Gasteiger partial charge on any atom is -0.493 e. The van der Waals surface area contributed by atoms with E-state index in [9.17, 15) is 4.79 Å². The van der Waals surface area contributed by atoms with Gasteiger partial charge in [-0.15, -0.1) is 11.3 Å². The second-order valence-electron chi connectivity index (χ2n) is 8.57. The van der Waals surface area contributed by atoms with Crippen LogP contribution in [0.4, 0.5) is 0 Å². The molecule has 5 rings (SSSR count). The zero-order chi connectivity index (χ0) is 24.0. The summed E-state index contributed by atoms with van der Waals surface area (Å²) in [5.41, 5.74) is 6.09. The molecule has 3 aromatic carbocycles. The molecule has 4 nitrogen and oxygen atoms in total. The largest absolute Gasteiger partial charge is 0.493 e. The first-order valence-corrected chi connectivity index (χ1v) is 13.7. The second-order valence-corrected chi connectivity index (χ2v) is 11.0. The zero-order valence-corrected chi connectivity index (χ0v) is 21.0. The highest BCUT2D eigenvalue weighted by molar-refractivity contribution is 8.01. The maximum absolute atomic E-state index is 10.7. The molecule has 0 spiro atoms. The molecule has 4 aromatic rings. The van der Waals surface area contributed by atoms with Crippen LogP contribution >= 0.6 is 23.1 Å². The van der Waals surface area contributed by atoms with Gasteiger partial charge in [0.05, 0.1) is 12.3 Å². The second kappa shape index (κ2) is 11.1. The van der Waals surface area contributed by atoms with Gasteiger partial charge >= 0.3 is 5.97 Å². The lowest BCUT2D eigenvalue weighted by Gasteiger charge is -2.17. The molecular weight excluding hydrogens is 474 g/mol. The van der Waals surface area contributed by atoms with Gasteiger partial charge in [-0.1, -0.05) is 84.6 Å². The molecule has 0 bridgehead atoms. The van der Waals surface area contributed by atoms with E-state index in [4.69, 9.17) is 14.8 Å². The Balaban J connectivity index is 1.24. The molecule has 6 heteroatoms. The molecule has 35 heavy (non-hydrogen) atoms. The van der Waals surface area contributed by atoms with Crippen LogP contribution < -0.4 is 4.74 Å². The van der Waals surface area contributed by atoms with Crippen LogP contribution in [-0.4, -0.2) is 28.4 Å². The SMILES string of the molecule is O=C(O)CCCOc1cccc2c1Cc1sc(SCCC(c3ccccc3)c3ccccc3)nc1-2. The van der Waals surface area contributed by atoms with E-state index in [0.717, 1.165) is 39.9 Å². The Bertz CT molecular complexity index is 1250. The number of rotatable bonds is 11. The topological polar surface area (TPSA) is 59.4 Å². The number of fused-ring (bicyclic) bond motifs is 3. The van der Waals surface area contributed by atoms with Crippen LogP contribution in [0.2, 0.25) is 0 Å². The summed E-state index contributed by atoms with van der Waals surface area (Å²) in [5, 5.41) is 8.83. The number of ether oxygens (including phenoxy) is 1. The van der Waals surface area contributed by atoms with Gasteiger partial charge in [0.25, 0.3) is 0 Å². The smallest absolute Gasteiger partial charge is 0.303 e. The molecule has 0 saturated heterocycles. The van der Waals surface area contributed by atoms with E-state index >= 15 is 0 Å². The molecule has 1 heterocycles. The maximum Gasteiger partial charge on any atom is 0.303 e. The van der Waals surface area contributed by atoms with Gasteiger partial charge in [-0.25, -0.2) is 4.98 Å². The molecule has 0 saturated carbocycles. The van der Waals surface area contributed by atoms with Crippen LogP contribution in [0.5, 0.6) is 5.75 Å². The van der Waals surface area contributed by atoms with Gasteiger partial charge in [0.15, 0.2) is 4.34 Å². The lowest BCUT2D eigenvalue weighted by atomic mass is 9.89. The molecular formula is C29H27NO3S2. The molecule has 0 aliphatic heterocycles. The highest BCUT2D eigenvalue weighted by Crippen LogP contribution is 2.45. The molecule has 0 unspecified atom stereocenters. The third-order valence-corrected chi connectivity index (χ3v) is 8.46. The van der Waals surface area contributed by atoms with Crippen molar-refractivity contribution in [2.45, 2.75) is 35.9 Å². The highest BCUT2D eigenvalue weighted by atomic mass is 32.2. The van der Waals surface area contributed by atoms with E-state index in [2.05, 4.69) is 66.7 Å². The molecule has 0 radical (unpaired) electrons. The summed E-state index contributed by atoms with van der Waals surface area (Å²) in [6.07, 6.45) is 2.51. The van der Waals surface area contributed by atoms with Crippen molar-refractivity contribution in [3.05, 3.63) is 100 Å². The number of nitrogens with zero attached hydrogens (tertiary/aromatic N) is 1. The number of carboxylic acid groups (broad SMARTS) is 1. The van der Waals surface area contributed by atoms with Gasteiger partial charge in [0.2, 0.25) is 0 Å². The molecule has 0 atom stereocenters. The monoisotopic (exact) mass is 501 g/mol. The van der Waals surface area contributed by atoms with Crippen molar-refractivity contribution in [3.8, 4) is 17.0 Å². The fourth-order valence-corrected chi connectivity index (χ4v) is 6.84. The summed E-state index contributed by atoms with van der Waals surface area (Å²) in [5.74, 6) is 1.43. The lowest BCUT2D eigenvalue weighted by Crippen LogP contribution is -2.03. The molecule has 1 aromatic heterocycles. The van der Waals surface area contributed by atoms with Crippen molar-refractivity contribution < 1.29 is 14.6 Å². The van der Waals surface area contributed by atoms with Crippen LogP contribution in [0.1, 0.15) is 46.7 Å². The first kappa shape index (κ1) is 23.6. The van der Waals surface area contributed by atoms with Crippen LogP contribution in [0.15, 0.2) is 83.2 Å². The normalized spacial score (nSPS) is 11.9. The third kappa shape index (κ3) is 5.60. The van der Waals surface area contributed by atoms with Crippen molar-refractivity contribution in [2.24, 2.45) is 0 Å². The van der Waals surface area contributed by atoms with Crippen molar-refractivity contribution >= 4 is 29.1 Å². The molecule has 1 aliphatic carbocycles. The minimum atomic E-state index is -0.790. The Morgan fingerprint density at radius 2 is 1.71 bits per heavy atom. The van der Waals surface area contributed by atoms with Crippen LogP contribution in [0, 0.1) is 0 Å². The summed E-state index contributed by atoms with van der Waals surface area (Å²) in [4.78, 5) is 17.0. The Labute approximate surface area is 214 Å². The van der Waals surface area contributed by atoms with Crippen LogP contribution in [0.3, 0.4) is 0 Å². The molecule has 0 fully saturated rings. The van der Waals surface area contributed by atoms with E-state index in [-0.39, 0.29) is 6.42 Å². The number of thioether (sulfide) groups is 1. The van der Waals surface area contributed by atoms with Gasteiger partial charge in [-0.2, -0.15) is 0 Å². The molecule has 178 valence electrons. The highest BCUT2D eigenvalue weighted by Gasteiger charge is 2.26. The number of thiazole rings is 1. The average Bonchev–Trinajstić information content (AvgIpc) is 3.44. The number of aliphatic carboxylic acids is 1. The first-order chi connectivity index (χ1) is 17.2. The fourth-order valence-electron chi connectivity index (χ4n) is 4.55. The van der Waals surface area contributed by atoms with Gasteiger partial charge < -0.3 is 9.84 Å². The van der Waals surface area contributed by atoms with Crippen molar-refractivity contribution in [1.29, 1.82) is 0 Å². The Morgan fingerprint density at radius 1 is 1.00 bits per heavy atom. The fraction of sp³-hybridized carbons (Fsp3) is 0.241. The number of aromatic nitrogens is 1. The Hall–Kier alpha value is -3.09. The van der Waals surface area contributed by atoms with Crippen molar-refractivity contribution in [3.63, 3.8) is 0 Å². The van der Waals surface area contributed by atoms with E-state index in [1.54, 1.807) is 11.3 Å². The van der Waals surface area contributed by atoms with E-state index < -0.39 is 5.97 Å². The zero-order valence-electron chi connectivity index (χ0n) is 19.4. The number of carboxylic acids is 1. The third-order valence-electron chi connectivity index (χ3n) is 6.23. The van der Waals surface area contributed by atoms with E-state index in [1.165, 1.54) is 21.6 Å². The number of hydrogen-bond acceptors (Lipinski definition) is 5. The van der Waals surface area contributed by atoms with Gasteiger partial charge in [-0.05, 0) is 30.0 Å². The van der Waals surface area contributed by atoms with E-state index in [0.29, 0.717) is 18.9 Å². The number of benzene rings is 3. The van der Waals surface area contributed by atoms with Crippen LogP contribution in [0.25, 0.3) is 11.3 Å². The predicted octanol–water partition coefficient (Wildman–Crippen LogP) is 7.27. The summed E-state index contributed by atoms with van der Waals surface area (Å²) in [7, 11) is 0. The minimum absolute atomic E-state index is 0.125. The molecule has 0 amide bonds. The molecule has 1 aliphatic rings. The van der Waals surface area contributed by atoms with Gasteiger partial charge in [-0.3, -0.25) is 4.79 Å². The molecule has 1 N–H and O–H groups in total.